The minimum atomic E-state index is -1.12. The van der Waals surface area contributed by atoms with Gasteiger partial charge in [0.15, 0.2) is 0 Å². The number of esters is 1. The molecule has 0 aliphatic rings. The lowest BCUT2D eigenvalue weighted by atomic mass is 10.1. The lowest BCUT2D eigenvalue weighted by Crippen LogP contribution is -2.29. The average molecular weight is 373 g/mol. The van der Waals surface area contributed by atoms with Crippen LogP contribution in [-0.4, -0.2) is 28.8 Å². The summed E-state index contributed by atoms with van der Waals surface area (Å²) in [6.45, 7) is -0.492. The molecule has 0 saturated heterocycles. The zero-order chi connectivity index (χ0) is 19.6. The number of carbonyl (C=O) groups excluding carboxylic acids is 2. The molecule has 0 unspecified atom stereocenters. The summed E-state index contributed by atoms with van der Waals surface area (Å²) >= 11 is 0. The number of fused-ring (bicyclic) bond motifs is 1. The second-order valence-corrected chi connectivity index (χ2v) is 5.55. The van der Waals surface area contributed by atoms with Crippen LogP contribution >= 0.6 is 0 Å². The van der Waals surface area contributed by atoms with Gasteiger partial charge in [-0.1, -0.05) is 18.2 Å². The Bertz CT molecular complexity index is 1110. The molecule has 2 aromatic carbocycles. The van der Waals surface area contributed by atoms with Crippen molar-refractivity contribution in [3.63, 3.8) is 0 Å². The molecule has 3 aromatic rings. The molecule has 1 aromatic heterocycles. The van der Waals surface area contributed by atoms with Gasteiger partial charge in [-0.05, 0) is 12.1 Å². The van der Waals surface area contributed by atoms with E-state index in [1.54, 1.807) is 24.3 Å². The van der Waals surface area contributed by atoms with Crippen molar-refractivity contribution in [3.05, 3.63) is 70.1 Å². The van der Waals surface area contributed by atoms with Gasteiger partial charge in [0.1, 0.15) is 18.2 Å². The molecule has 0 atom stereocenters. The van der Waals surface area contributed by atoms with E-state index in [9.17, 15) is 23.2 Å². The molecular weight excluding hydrogens is 360 g/mol. The number of nitrogens with one attached hydrogen (secondary N) is 1. The van der Waals surface area contributed by atoms with Gasteiger partial charge in [-0.15, -0.1) is 0 Å². The molecule has 1 heterocycles. The van der Waals surface area contributed by atoms with E-state index in [-0.39, 0.29) is 0 Å². The molecule has 3 rings (SSSR count). The second kappa shape index (κ2) is 7.32. The second-order valence-electron chi connectivity index (χ2n) is 5.55. The number of amides is 1. The third-order valence-electron chi connectivity index (χ3n) is 3.79. The van der Waals surface area contributed by atoms with Crippen molar-refractivity contribution in [2.45, 2.75) is 6.54 Å². The van der Waals surface area contributed by atoms with Gasteiger partial charge in [0, 0.05) is 11.5 Å². The predicted molar refractivity (Wildman–Crippen MR) is 92.3 cm³/mol. The fourth-order valence-corrected chi connectivity index (χ4v) is 2.48. The van der Waals surface area contributed by atoms with Gasteiger partial charge < -0.3 is 10.1 Å². The first-order chi connectivity index (χ1) is 12.9. The summed E-state index contributed by atoms with van der Waals surface area (Å²) in [5.74, 6) is -3.99. The van der Waals surface area contributed by atoms with Crippen LogP contribution in [-0.2, 0) is 16.1 Å². The molecule has 1 amide bonds. The van der Waals surface area contributed by atoms with E-state index in [1.807, 2.05) is 0 Å². The third kappa shape index (κ3) is 3.66. The molecule has 27 heavy (non-hydrogen) atoms. The quantitative estimate of drug-likeness (QED) is 0.708. The van der Waals surface area contributed by atoms with Crippen molar-refractivity contribution >= 4 is 28.3 Å². The van der Waals surface area contributed by atoms with Crippen LogP contribution in [0, 0.1) is 11.6 Å². The maximum Gasteiger partial charge on any atom is 0.340 e. The summed E-state index contributed by atoms with van der Waals surface area (Å²) in [6, 6.07) is 8.01. The van der Waals surface area contributed by atoms with Crippen molar-refractivity contribution in [2.24, 2.45) is 0 Å². The van der Waals surface area contributed by atoms with Crippen molar-refractivity contribution in [2.75, 3.05) is 12.4 Å². The zero-order valence-electron chi connectivity index (χ0n) is 14.0. The Kier molecular flexibility index (Phi) is 4.93. The Labute approximate surface area is 151 Å². The highest BCUT2D eigenvalue weighted by Crippen LogP contribution is 2.20. The monoisotopic (exact) mass is 373 g/mol. The van der Waals surface area contributed by atoms with Crippen molar-refractivity contribution in [1.82, 2.24) is 9.78 Å². The van der Waals surface area contributed by atoms with Gasteiger partial charge in [0.25, 0.3) is 5.56 Å². The van der Waals surface area contributed by atoms with Crippen LogP contribution in [0.5, 0.6) is 0 Å². The summed E-state index contributed by atoms with van der Waals surface area (Å²) in [7, 11) is 1.04. The molecule has 1 N–H and O–H groups in total. The number of carbonyl (C=O) groups is 2. The summed E-state index contributed by atoms with van der Waals surface area (Å²) < 4.78 is 32.9. The molecule has 0 fully saturated rings. The Balaban J connectivity index is 1.85. The first kappa shape index (κ1) is 18.2. The van der Waals surface area contributed by atoms with E-state index in [0.717, 1.165) is 17.9 Å². The molecule has 138 valence electrons. The summed E-state index contributed by atoms with van der Waals surface area (Å²) in [6.07, 6.45) is 1.43. The molecule has 7 nitrogen and oxygen atoms in total. The Morgan fingerprint density at radius 1 is 1.19 bits per heavy atom. The van der Waals surface area contributed by atoms with Gasteiger partial charge in [0.05, 0.1) is 29.9 Å². The largest absolute Gasteiger partial charge is 0.465 e. The first-order valence-electron chi connectivity index (χ1n) is 7.73. The van der Waals surface area contributed by atoms with Crippen LogP contribution < -0.4 is 10.9 Å². The van der Waals surface area contributed by atoms with Crippen LogP contribution in [0.15, 0.2) is 47.4 Å². The van der Waals surface area contributed by atoms with Gasteiger partial charge >= 0.3 is 5.97 Å². The Morgan fingerprint density at radius 2 is 1.93 bits per heavy atom. The number of hydrogen-bond donors (Lipinski definition) is 1. The Morgan fingerprint density at radius 3 is 2.67 bits per heavy atom. The molecule has 0 aliphatic carbocycles. The number of rotatable bonds is 4. The zero-order valence-corrected chi connectivity index (χ0v) is 14.0. The van der Waals surface area contributed by atoms with E-state index in [0.29, 0.717) is 16.8 Å². The van der Waals surface area contributed by atoms with E-state index in [1.165, 1.54) is 6.20 Å². The highest BCUT2D eigenvalue weighted by Gasteiger charge is 2.18. The number of aromatic nitrogens is 2. The summed E-state index contributed by atoms with van der Waals surface area (Å²) in [5.41, 5.74) is -1.44. The van der Waals surface area contributed by atoms with Crippen molar-refractivity contribution < 1.29 is 23.1 Å². The number of nitrogens with zero attached hydrogens (tertiary/aromatic N) is 2. The highest BCUT2D eigenvalue weighted by atomic mass is 19.1. The number of benzene rings is 2. The minimum absolute atomic E-state index is 0.376. The third-order valence-corrected chi connectivity index (χ3v) is 3.79. The van der Waals surface area contributed by atoms with Crippen molar-refractivity contribution in [3.8, 4) is 0 Å². The number of halogens is 2. The molecule has 0 bridgehead atoms. The topological polar surface area (TPSA) is 90.3 Å². The first-order valence-corrected chi connectivity index (χ1v) is 7.73. The SMILES string of the molecule is COC(=O)c1cc(NC(=O)Cn2ncc3ccccc3c2=O)c(F)cc1F. The maximum absolute atomic E-state index is 13.9. The van der Waals surface area contributed by atoms with E-state index in [4.69, 9.17) is 0 Å². The van der Waals surface area contributed by atoms with E-state index >= 15 is 0 Å². The molecule has 0 radical (unpaired) electrons. The smallest absolute Gasteiger partial charge is 0.340 e. The fraction of sp³-hybridized carbons (Fsp3) is 0.111. The van der Waals surface area contributed by atoms with E-state index < -0.39 is 46.9 Å². The predicted octanol–water partition coefficient (Wildman–Crippen LogP) is 2.10. The van der Waals surface area contributed by atoms with Gasteiger partial charge in [-0.2, -0.15) is 5.10 Å². The van der Waals surface area contributed by atoms with Gasteiger partial charge in [-0.25, -0.2) is 18.3 Å². The molecule has 0 spiro atoms. The standard InChI is InChI=1S/C18H13F2N3O4/c1-27-18(26)12-6-15(14(20)7-13(12)19)22-16(24)9-23-17(25)11-5-3-2-4-10(11)8-21-23/h2-8H,9H2,1H3,(H,22,24). The van der Waals surface area contributed by atoms with Crippen LogP contribution in [0.25, 0.3) is 10.8 Å². The number of methoxy groups -OCH3 is 1. The highest BCUT2D eigenvalue weighted by molar-refractivity contribution is 5.95. The van der Waals surface area contributed by atoms with Crippen LogP contribution in [0.1, 0.15) is 10.4 Å². The summed E-state index contributed by atoms with van der Waals surface area (Å²) in [5, 5.41) is 7.08. The number of ether oxygens (including phenoxy) is 1. The minimum Gasteiger partial charge on any atom is -0.465 e. The molecule has 0 aliphatic heterocycles. The van der Waals surface area contributed by atoms with Gasteiger partial charge in [-0.3, -0.25) is 9.59 Å². The fourth-order valence-electron chi connectivity index (χ4n) is 2.48. The summed E-state index contributed by atoms with van der Waals surface area (Å²) in [4.78, 5) is 36.0. The van der Waals surface area contributed by atoms with Crippen molar-refractivity contribution in [1.29, 1.82) is 0 Å². The number of anilines is 1. The molecule has 0 saturated carbocycles. The number of hydrogen-bond acceptors (Lipinski definition) is 5. The Hall–Kier alpha value is -3.62. The maximum atomic E-state index is 13.9. The normalized spacial score (nSPS) is 10.6. The van der Waals surface area contributed by atoms with E-state index in [2.05, 4.69) is 15.2 Å². The van der Waals surface area contributed by atoms with Crippen LogP contribution in [0.3, 0.4) is 0 Å². The van der Waals surface area contributed by atoms with Gasteiger partial charge in [0.2, 0.25) is 5.91 Å². The molecule has 9 heteroatoms. The molecular formula is C18H13F2N3O4. The average Bonchev–Trinajstić information content (AvgIpc) is 2.66. The lowest BCUT2D eigenvalue weighted by molar-refractivity contribution is -0.117. The lowest BCUT2D eigenvalue weighted by Gasteiger charge is -2.10. The van der Waals surface area contributed by atoms with Crippen LogP contribution in [0.4, 0.5) is 14.5 Å². The van der Waals surface area contributed by atoms with Crippen LogP contribution in [0.2, 0.25) is 0 Å².